The molecule has 0 fully saturated rings. The number of hydrogen-bond acceptors (Lipinski definition) is 6. The number of benzene rings is 1. The summed E-state index contributed by atoms with van der Waals surface area (Å²) in [7, 11) is -3.76. The fraction of sp³-hybridized carbons (Fsp3) is 0.316. The standard InChI is InChI=1S/C19H22Cl2N6O2S/c1-11-9-17(16(21)10-15(11)20)30(28,29)23-8-7-22-18-5-6-19(25-24-18)27-14(4)12(2)13(3)26-27/h5-6,9-10,23H,7-8H2,1-4H3,(H,22,24). The van der Waals surface area contributed by atoms with E-state index in [2.05, 4.69) is 25.3 Å². The molecule has 160 valence electrons. The third kappa shape index (κ3) is 4.75. The van der Waals surface area contributed by atoms with Crippen molar-refractivity contribution in [1.29, 1.82) is 0 Å². The maximum atomic E-state index is 12.5. The molecule has 2 heterocycles. The van der Waals surface area contributed by atoms with E-state index in [0.717, 1.165) is 17.0 Å². The van der Waals surface area contributed by atoms with Crippen LogP contribution in [0.15, 0.2) is 29.2 Å². The largest absolute Gasteiger partial charge is 0.367 e. The zero-order chi connectivity index (χ0) is 22.1. The van der Waals surface area contributed by atoms with E-state index in [-0.39, 0.29) is 16.5 Å². The zero-order valence-electron chi connectivity index (χ0n) is 17.0. The maximum absolute atomic E-state index is 12.5. The average molecular weight is 469 g/mol. The number of nitrogens with one attached hydrogen (secondary N) is 2. The van der Waals surface area contributed by atoms with E-state index in [9.17, 15) is 8.42 Å². The van der Waals surface area contributed by atoms with E-state index in [0.29, 0.717) is 28.8 Å². The van der Waals surface area contributed by atoms with Crippen LogP contribution in [0.1, 0.15) is 22.5 Å². The first-order valence-corrected chi connectivity index (χ1v) is 11.4. The number of aryl methyl sites for hydroxylation is 2. The lowest BCUT2D eigenvalue weighted by Gasteiger charge is -2.11. The second-order valence-corrected chi connectivity index (χ2v) is 9.39. The van der Waals surface area contributed by atoms with Crippen molar-refractivity contribution < 1.29 is 8.42 Å². The molecule has 2 N–H and O–H groups in total. The van der Waals surface area contributed by atoms with Gasteiger partial charge in [-0.1, -0.05) is 23.2 Å². The number of halogens is 2. The normalized spacial score (nSPS) is 11.7. The summed E-state index contributed by atoms with van der Waals surface area (Å²) < 4.78 is 29.2. The minimum atomic E-state index is -3.76. The summed E-state index contributed by atoms with van der Waals surface area (Å²) in [6.07, 6.45) is 0. The number of nitrogens with zero attached hydrogens (tertiary/aromatic N) is 4. The second-order valence-electron chi connectivity index (χ2n) is 6.84. The molecule has 0 spiro atoms. The number of anilines is 1. The van der Waals surface area contributed by atoms with E-state index in [1.165, 1.54) is 12.1 Å². The van der Waals surface area contributed by atoms with Gasteiger partial charge in [0.25, 0.3) is 0 Å². The molecule has 0 aliphatic heterocycles. The lowest BCUT2D eigenvalue weighted by atomic mass is 10.2. The molecule has 0 aliphatic carbocycles. The fourth-order valence-corrected chi connectivity index (χ4v) is 4.63. The molecule has 0 radical (unpaired) electrons. The molecular formula is C19H22Cl2N6O2S. The summed E-state index contributed by atoms with van der Waals surface area (Å²) in [6.45, 7) is 8.11. The molecule has 0 amide bonds. The van der Waals surface area contributed by atoms with Gasteiger partial charge in [0.15, 0.2) is 5.82 Å². The van der Waals surface area contributed by atoms with Crippen LogP contribution in [0.25, 0.3) is 5.82 Å². The fourth-order valence-electron chi connectivity index (χ4n) is 2.77. The molecule has 0 unspecified atom stereocenters. The number of sulfonamides is 1. The Morgan fingerprint density at radius 3 is 2.33 bits per heavy atom. The van der Waals surface area contributed by atoms with Crippen LogP contribution in [-0.4, -0.2) is 41.5 Å². The smallest absolute Gasteiger partial charge is 0.242 e. The topological polar surface area (TPSA) is 102 Å². The Hall–Kier alpha value is -2.20. The minimum absolute atomic E-state index is 0.00427. The molecule has 30 heavy (non-hydrogen) atoms. The Morgan fingerprint density at radius 2 is 1.73 bits per heavy atom. The Morgan fingerprint density at radius 1 is 1.00 bits per heavy atom. The van der Waals surface area contributed by atoms with Gasteiger partial charge in [-0.3, -0.25) is 0 Å². The SMILES string of the molecule is Cc1cc(S(=O)(=O)NCCNc2ccc(-n3nc(C)c(C)c3C)nn2)c(Cl)cc1Cl. The van der Waals surface area contributed by atoms with Gasteiger partial charge in [0.05, 0.1) is 10.7 Å². The Balaban J connectivity index is 1.59. The van der Waals surface area contributed by atoms with Crippen molar-refractivity contribution in [1.82, 2.24) is 24.7 Å². The molecule has 1 aromatic carbocycles. The first-order valence-electron chi connectivity index (χ1n) is 9.16. The van der Waals surface area contributed by atoms with Crippen LogP contribution < -0.4 is 10.0 Å². The van der Waals surface area contributed by atoms with Gasteiger partial charge in [0, 0.05) is 23.8 Å². The molecule has 3 aromatic rings. The van der Waals surface area contributed by atoms with Gasteiger partial charge in [0.2, 0.25) is 10.0 Å². The van der Waals surface area contributed by atoms with Crippen molar-refractivity contribution in [3.8, 4) is 5.82 Å². The average Bonchev–Trinajstić information content (AvgIpc) is 2.96. The van der Waals surface area contributed by atoms with Gasteiger partial charge in [-0.15, -0.1) is 10.2 Å². The molecular weight excluding hydrogens is 447 g/mol. The number of hydrogen-bond donors (Lipinski definition) is 2. The predicted molar refractivity (Wildman–Crippen MR) is 118 cm³/mol. The van der Waals surface area contributed by atoms with E-state index in [1.54, 1.807) is 23.7 Å². The molecule has 8 nitrogen and oxygen atoms in total. The third-order valence-corrected chi connectivity index (χ3v) is 7.08. The van der Waals surface area contributed by atoms with Crippen molar-refractivity contribution in [3.63, 3.8) is 0 Å². The summed E-state index contributed by atoms with van der Waals surface area (Å²) in [4.78, 5) is -0.00427. The van der Waals surface area contributed by atoms with Crippen molar-refractivity contribution in [3.05, 3.63) is 56.8 Å². The summed E-state index contributed by atoms with van der Waals surface area (Å²) in [5.41, 5.74) is 3.70. The molecule has 0 saturated heterocycles. The molecule has 0 bridgehead atoms. The Kier molecular flexibility index (Phi) is 6.66. The van der Waals surface area contributed by atoms with Gasteiger partial charge in [-0.2, -0.15) is 5.10 Å². The van der Waals surface area contributed by atoms with Crippen LogP contribution in [0.3, 0.4) is 0 Å². The van der Waals surface area contributed by atoms with Crippen LogP contribution in [0.5, 0.6) is 0 Å². The first-order chi connectivity index (χ1) is 14.1. The Labute approximate surface area is 185 Å². The quantitative estimate of drug-likeness (QED) is 0.513. The van der Waals surface area contributed by atoms with Crippen LogP contribution in [-0.2, 0) is 10.0 Å². The van der Waals surface area contributed by atoms with Gasteiger partial charge in [0.1, 0.15) is 10.7 Å². The summed E-state index contributed by atoms with van der Waals surface area (Å²) in [5.74, 6) is 1.14. The lowest BCUT2D eigenvalue weighted by Crippen LogP contribution is -2.29. The van der Waals surface area contributed by atoms with Crippen molar-refractivity contribution in [2.75, 3.05) is 18.4 Å². The molecule has 3 rings (SSSR count). The van der Waals surface area contributed by atoms with E-state index < -0.39 is 10.0 Å². The van der Waals surface area contributed by atoms with Gasteiger partial charge < -0.3 is 5.32 Å². The molecule has 2 aromatic heterocycles. The Bertz CT molecular complexity index is 1180. The predicted octanol–water partition coefficient (Wildman–Crippen LogP) is 3.59. The van der Waals surface area contributed by atoms with Gasteiger partial charge in [-0.25, -0.2) is 17.8 Å². The lowest BCUT2D eigenvalue weighted by molar-refractivity contribution is 0.583. The van der Waals surface area contributed by atoms with Crippen LogP contribution >= 0.6 is 23.2 Å². The van der Waals surface area contributed by atoms with Crippen molar-refractivity contribution in [2.24, 2.45) is 0 Å². The summed E-state index contributed by atoms with van der Waals surface area (Å²) >= 11 is 12.0. The van der Waals surface area contributed by atoms with Crippen LogP contribution in [0.4, 0.5) is 5.82 Å². The van der Waals surface area contributed by atoms with E-state index in [4.69, 9.17) is 23.2 Å². The highest BCUT2D eigenvalue weighted by molar-refractivity contribution is 7.89. The third-order valence-electron chi connectivity index (χ3n) is 4.75. The van der Waals surface area contributed by atoms with Crippen molar-refractivity contribution >= 4 is 39.0 Å². The number of aromatic nitrogens is 4. The minimum Gasteiger partial charge on any atom is -0.367 e. The highest BCUT2D eigenvalue weighted by atomic mass is 35.5. The van der Waals surface area contributed by atoms with Crippen LogP contribution in [0, 0.1) is 27.7 Å². The molecule has 11 heteroatoms. The van der Waals surface area contributed by atoms with Crippen LogP contribution in [0.2, 0.25) is 10.0 Å². The van der Waals surface area contributed by atoms with Gasteiger partial charge in [-0.05, 0) is 63.1 Å². The monoisotopic (exact) mass is 468 g/mol. The van der Waals surface area contributed by atoms with Gasteiger partial charge >= 0.3 is 0 Å². The highest BCUT2D eigenvalue weighted by Crippen LogP contribution is 2.28. The zero-order valence-corrected chi connectivity index (χ0v) is 19.3. The summed E-state index contributed by atoms with van der Waals surface area (Å²) in [6, 6.07) is 6.44. The first kappa shape index (κ1) is 22.5. The molecule has 0 saturated carbocycles. The molecule has 0 aliphatic rings. The second kappa shape index (κ2) is 8.89. The van der Waals surface area contributed by atoms with E-state index in [1.807, 2.05) is 20.8 Å². The highest BCUT2D eigenvalue weighted by Gasteiger charge is 2.19. The van der Waals surface area contributed by atoms with E-state index >= 15 is 0 Å². The summed E-state index contributed by atoms with van der Waals surface area (Å²) in [5, 5.41) is 16.3. The van der Waals surface area contributed by atoms with Crippen molar-refractivity contribution in [2.45, 2.75) is 32.6 Å². The molecule has 0 atom stereocenters. The number of rotatable bonds is 7. The maximum Gasteiger partial charge on any atom is 0.242 e.